The van der Waals surface area contributed by atoms with Gasteiger partial charge in [0.1, 0.15) is 6.61 Å². The van der Waals surface area contributed by atoms with Crippen LogP contribution in [-0.2, 0) is 4.74 Å². The number of hydrogen-bond donors (Lipinski definition) is 0. The predicted molar refractivity (Wildman–Crippen MR) is 71.9 cm³/mol. The van der Waals surface area contributed by atoms with Crippen LogP contribution in [0.25, 0.3) is 0 Å². The van der Waals surface area contributed by atoms with Crippen molar-refractivity contribution in [1.29, 1.82) is 0 Å². The van der Waals surface area contributed by atoms with Crippen molar-refractivity contribution in [2.24, 2.45) is 0 Å². The molecule has 1 aliphatic heterocycles. The molecule has 1 aromatic carbocycles. The summed E-state index contributed by atoms with van der Waals surface area (Å²) >= 11 is 0. The van der Waals surface area contributed by atoms with Crippen LogP contribution in [0.1, 0.15) is 43.0 Å². The Morgan fingerprint density at radius 3 is 2.89 bits per heavy atom. The number of ether oxygens (including phenoxy) is 3. The lowest BCUT2D eigenvalue weighted by Gasteiger charge is -2.04. The largest absolute Gasteiger partial charge is 0.454 e. The van der Waals surface area contributed by atoms with Crippen molar-refractivity contribution in [3.63, 3.8) is 0 Å². The van der Waals surface area contributed by atoms with Crippen LogP contribution in [-0.4, -0.2) is 25.8 Å². The van der Waals surface area contributed by atoms with E-state index >= 15 is 0 Å². The van der Waals surface area contributed by atoms with Crippen LogP contribution in [0, 0.1) is 0 Å². The lowest BCUT2D eigenvalue weighted by Crippen LogP contribution is -2.09. The fourth-order valence-corrected chi connectivity index (χ4v) is 1.95. The topological polar surface area (TPSA) is 44.8 Å². The number of rotatable bonds is 8. The van der Waals surface area contributed by atoms with Crippen molar-refractivity contribution >= 4 is 5.78 Å². The highest BCUT2D eigenvalue weighted by atomic mass is 16.7. The van der Waals surface area contributed by atoms with Crippen LogP contribution >= 0.6 is 0 Å². The maximum absolute atomic E-state index is 11.9. The maximum atomic E-state index is 11.9. The van der Waals surface area contributed by atoms with Gasteiger partial charge in [-0.1, -0.05) is 26.2 Å². The van der Waals surface area contributed by atoms with Crippen molar-refractivity contribution in [3.05, 3.63) is 23.8 Å². The zero-order valence-electron chi connectivity index (χ0n) is 11.3. The first-order valence-electron chi connectivity index (χ1n) is 6.82. The molecule has 0 fully saturated rings. The Balaban J connectivity index is 1.74. The first-order valence-corrected chi connectivity index (χ1v) is 6.82. The van der Waals surface area contributed by atoms with Gasteiger partial charge in [0.15, 0.2) is 17.3 Å². The number of carbonyl (C=O) groups excluding carboxylic acids is 1. The fraction of sp³-hybridized carbons (Fsp3) is 0.533. The van der Waals surface area contributed by atoms with Crippen molar-refractivity contribution < 1.29 is 19.0 Å². The van der Waals surface area contributed by atoms with Gasteiger partial charge in [-0.05, 0) is 24.6 Å². The molecular formula is C15H20O4. The summed E-state index contributed by atoms with van der Waals surface area (Å²) in [5, 5.41) is 0. The zero-order valence-corrected chi connectivity index (χ0v) is 11.3. The Morgan fingerprint density at radius 2 is 2.05 bits per heavy atom. The molecule has 0 saturated carbocycles. The van der Waals surface area contributed by atoms with E-state index in [1.54, 1.807) is 18.2 Å². The van der Waals surface area contributed by atoms with Crippen LogP contribution in [0.15, 0.2) is 18.2 Å². The molecule has 19 heavy (non-hydrogen) atoms. The monoisotopic (exact) mass is 264 g/mol. The van der Waals surface area contributed by atoms with Gasteiger partial charge >= 0.3 is 0 Å². The Morgan fingerprint density at radius 1 is 1.21 bits per heavy atom. The van der Waals surface area contributed by atoms with E-state index in [9.17, 15) is 4.79 Å². The summed E-state index contributed by atoms with van der Waals surface area (Å²) in [4.78, 5) is 11.9. The molecule has 0 aliphatic carbocycles. The molecule has 1 aromatic rings. The molecule has 0 spiro atoms. The zero-order chi connectivity index (χ0) is 13.5. The quantitative estimate of drug-likeness (QED) is 0.534. The van der Waals surface area contributed by atoms with E-state index in [1.807, 2.05) is 0 Å². The smallest absolute Gasteiger partial charge is 0.231 e. The second-order valence-electron chi connectivity index (χ2n) is 4.60. The molecule has 104 valence electrons. The van der Waals surface area contributed by atoms with Crippen LogP contribution < -0.4 is 9.47 Å². The molecule has 4 heteroatoms. The lowest BCUT2D eigenvalue weighted by atomic mass is 10.1. The molecule has 0 radical (unpaired) electrons. The summed E-state index contributed by atoms with van der Waals surface area (Å²) in [6.07, 6.45) is 4.60. The van der Waals surface area contributed by atoms with E-state index in [-0.39, 0.29) is 19.2 Å². The van der Waals surface area contributed by atoms with Gasteiger partial charge in [0.25, 0.3) is 0 Å². The third-order valence-electron chi connectivity index (χ3n) is 3.07. The van der Waals surface area contributed by atoms with Crippen molar-refractivity contribution in [2.45, 2.75) is 32.6 Å². The standard InChI is InChI=1S/C15H20O4/c1-2-3-4-5-8-17-10-13(16)12-6-7-14-15(9-12)19-11-18-14/h6-7,9H,2-5,8,10-11H2,1H3. The van der Waals surface area contributed by atoms with E-state index < -0.39 is 0 Å². The molecule has 1 heterocycles. The van der Waals surface area contributed by atoms with E-state index in [2.05, 4.69) is 6.92 Å². The first kappa shape index (κ1) is 13.9. The molecule has 0 amide bonds. The van der Waals surface area contributed by atoms with E-state index in [4.69, 9.17) is 14.2 Å². The number of fused-ring (bicyclic) bond motifs is 1. The molecule has 4 nitrogen and oxygen atoms in total. The average molecular weight is 264 g/mol. The molecule has 0 bridgehead atoms. The number of carbonyl (C=O) groups is 1. The van der Waals surface area contributed by atoms with E-state index in [0.29, 0.717) is 23.7 Å². The van der Waals surface area contributed by atoms with Gasteiger partial charge in [0, 0.05) is 12.2 Å². The van der Waals surface area contributed by atoms with Crippen molar-refractivity contribution in [3.8, 4) is 11.5 Å². The van der Waals surface area contributed by atoms with Gasteiger partial charge in [-0.25, -0.2) is 0 Å². The minimum atomic E-state index is -0.0196. The molecule has 1 aliphatic rings. The third kappa shape index (κ3) is 3.96. The highest BCUT2D eigenvalue weighted by Crippen LogP contribution is 2.32. The maximum Gasteiger partial charge on any atom is 0.231 e. The van der Waals surface area contributed by atoms with Crippen LogP contribution in [0.5, 0.6) is 11.5 Å². The van der Waals surface area contributed by atoms with Crippen LogP contribution in [0.2, 0.25) is 0 Å². The van der Waals surface area contributed by atoms with Gasteiger partial charge in [0.2, 0.25) is 6.79 Å². The van der Waals surface area contributed by atoms with Gasteiger partial charge in [-0.2, -0.15) is 0 Å². The summed E-state index contributed by atoms with van der Waals surface area (Å²) in [5.41, 5.74) is 0.609. The van der Waals surface area contributed by atoms with Crippen LogP contribution in [0.4, 0.5) is 0 Å². The van der Waals surface area contributed by atoms with Crippen molar-refractivity contribution in [2.75, 3.05) is 20.0 Å². The van der Waals surface area contributed by atoms with Gasteiger partial charge in [-0.15, -0.1) is 0 Å². The Bertz CT molecular complexity index is 428. The fourth-order valence-electron chi connectivity index (χ4n) is 1.95. The summed E-state index contributed by atoms with van der Waals surface area (Å²) < 4.78 is 15.8. The minimum Gasteiger partial charge on any atom is -0.454 e. The summed E-state index contributed by atoms with van der Waals surface area (Å²) in [7, 11) is 0. The average Bonchev–Trinajstić information content (AvgIpc) is 2.89. The summed E-state index contributed by atoms with van der Waals surface area (Å²) in [6.45, 7) is 3.17. The molecule has 0 saturated heterocycles. The highest BCUT2D eigenvalue weighted by molar-refractivity contribution is 5.97. The van der Waals surface area contributed by atoms with Gasteiger partial charge < -0.3 is 14.2 Å². The number of unbranched alkanes of at least 4 members (excludes halogenated alkanes) is 3. The Labute approximate surface area is 113 Å². The molecule has 2 rings (SSSR count). The second kappa shape index (κ2) is 7.14. The van der Waals surface area contributed by atoms with E-state index in [0.717, 1.165) is 12.8 Å². The number of Topliss-reactive ketones (excluding diaryl/α,β-unsaturated/α-hetero) is 1. The Kier molecular flexibility index (Phi) is 5.21. The minimum absolute atomic E-state index is 0.0196. The normalized spacial score (nSPS) is 12.7. The second-order valence-corrected chi connectivity index (χ2v) is 4.60. The summed E-state index contributed by atoms with van der Waals surface area (Å²) in [6, 6.07) is 5.22. The number of benzene rings is 1. The number of ketones is 1. The highest BCUT2D eigenvalue weighted by Gasteiger charge is 2.16. The SMILES string of the molecule is CCCCCCOCC(=O)c1ccc2c(c1)OCO2. The molecular weight excluding hydrogens is 244 g/mol. The van der Waals surface area contributed by atoms with Crippen LogP contribution in [0.3, 0.4) is 0 Å². The lowest BCUT2D eigenvalue weighted by molar-refractivity contribution is 0.0752. The molecule has 0 atom stereocenters. The summed E-state index contributed by atoms with van der Waals surface area (Å²) in [5.74, 6) is 1.31. The molecule has 0 aromatic heterocycles. The molecule has 0 unspecified atom stereocenters. The predicted octanol–water partition coefficient (Wildman–Crippen LogP) is 3.19. The van der Waals surface area contributed by atoms with E-state index in [1.165, 1.54) is 12.8 Å². The Hall–Kier alpha value is -1.55. The first-order chi connectivity index (χ1) is 9.31. The number of hydrogen-bond acceptors (Lipinski definition) is 4. The molecule has 0 N–H and O–H groups in total. The third-order valence-corrected chi connectivity index (χ3v) is 3.07. The van der Waals surface area contributed by atoms with Gasteiger partial charge in [-0.3, -0.25) is 4.79 Å². The van der Waals surface area contributed by atoms with Crippen molar-refractivity contribution in [1.82, 2.24) is 0 Å². The van der Waals surface area contributed by atoms with Gasteiger partial charge in [0.05, 0.1) is 0 Å².